The molecule has 1 unspecified atom stereocenters. The fraction of sp³-hybridized carbons (Fsp3) is 0.667. The third kappa shape index (κ3) is 2.92. The van der Waals surface area contributed by atoms with E-state index in [0.717, 1.165) is 25.6 Å². The first-order chi connectivity index (χ1) is 7.75. The first-order valence-corrected chi connectivity index (χ1v) is 6.02. The standard InChI is InChI=1S/C12H20N4/c1-9(2)11-7-15-12(16-8-11)14-6-10-3-4-13-5-10/h7-10,13H,3-6H2,1-2H3,(H,14,15,16). The van der Waals surface area contributed by atoms with E-state index in [2.05, 4.69) is 34.4 Å². The molecule has 1 fully saturated rings. The Balaban J connectivity index is 1.84. The monoisotopic (exact) mass is 220 g/mol. The van der Waals surface area contributed by atoms with Crippen LogP contribution in [0.15, 0.2) is 12.4 Å². The van der Waals surface area contributed by atoms with Gasteiger partial charge in [-0.3, -0.25) is 0 Å². The first kappa shape index (κ1) is 11.3. The molecule has 2 rings (SSSR count). The predicted octanol–water partition coefficient (Wildman–Crippen LogP) is 1.62. The minimum absolute atomic E-state index is 0.494. The van der Waals surface area contributed by atoms with Crippen LogP contribution in [0.4, 0.5) is 5.95 Å². The van der Waals surface area contributed by atoms with Gasteiger partial charge in [0.25, 0.3) is 0 Å². The zero-order valence-electron chi connectivity index (χ0n) is 10.0. The Morgan fingerprint density at radius 3 is 2.75 bits per heavy atom. The van der Waals surface area contributed by atoms with Crippen LogP contribution < -0.4 is 10.6 Å². The Hall–Kier alpha value is -1.16. The van der Waals surface area contributed by atoms with Crippen molar-refractivity contribution in [3.8, 4) is 0 Å². The summed E-state index contributed by atoms with van der Waals surface area (Å²) in [7, 11) is 0. The lowest BCUT2D eigenvalue weighted by Crippen LogP contribution is -2.18. The summed E-state index contributed by atoms with van der Waals surface area (Å²) in [6, 6.07) is 0. The lowest BCUT2D eigenvalue weighted by Gasteiger charge is -2.10. The third-order valence-corrected chi connectivity index (χ3v) is 3.05. The molecule has 1 aromatic rings. The van der Waals surface area contributed by atoms with Crippen LogP contribution in [0, 0.1) is 5.92 Å². The van der Waals surface area contributed by atoms with Crippen molar-refractivity contribution >= 4 is 5.95 Å². The minimum atomic E-state index is 0.494. The normalized spacial score (nSPS) is 20.3. The number of hydrogen-bond donors (Lipinski definition) is 2. The number of hydrogen-bond acceptors (Lipinski definition) is 4. The maximum atomic E-state index is 4.32. The molecule has 0 amide bonds. The van der Waals surface area contributed by atoms with E-state index in [1.165, 1.54) is 12.0 Å². The second kappa shape index (κ2) is 5.25. The van der Waals surface area contributed by atoms with Crippen LogP contribution in [0.5, 0.6) is 0 Å². The molecular weight excluding hydrogens is 200 g/mol. The molecule has 1 saturated heterocycles. The molecule has 4 heteroatoms. The van der Waals surface area contributed by atoms with Gasteiger partial charge in [0.05, 0.1) is 0 Å². The lowest BCUT2D eigenvalue weighted by molar-refractivity contribution is 0.612. The summed E-state index contributed by atoms with van der Waals surface area (Å²) >= 11 is 0. The Bertz CT molecular complexity index is 314. The zero-order chi connectivity index (χ0) is 11.4. The average molecular weight is 220 g/mol. The summed E-state index contributed by atoms with van der Waals surface area (Å²) in [6.45, 7) is 7.51. The molecule has 1 aromatic heterocycles. The van der Waals surface area contributed by atoms with Crippen molar-refractivity contribution in [1.82, 2.24) is 15.3 Å². The number of nitrogens with one attached hydrogen (secondary N) is 2. The molecule has 0 aliphatic carbocycles. The van der Waals surface area contributed by atoms with Crippen LogP contribution in [-0.4, -0.2) is 29.6 Å². The minimum Gasteiger partial charge on any atom is -0.354 e. The van der Waals surface area contributed by atoms with Gasteiger partial charge in [-0.1, -0.05) is 13.8 Å². The topological polar surface area (TPSA) is 49.8 Å². The number of rotatable bonds is 4. The van der Waals surface area contributed by atoms with Crippen molar-refractivity contribution in [3.05, 3.63) is 18.0 Å². The largest absolute Gasteiger partial charge is 0.354 e. The highest BCUT2D eigenvalue weighted by molar-refractivity contribution is 5.25. The van der Waals surface area contributed by atoms with Crippen LogP contribution in [-0.2, 0) is 0 Å². The Morgan fingerprint density at radius 1 is 1.44 bits per heavy atom. The fourth-order valence-corrected chi connectivity index (χ4v) is 1.85. The lowest BCUT2D eigenvalue weighted by atomic mass is 10.1. The quantitative estimate of drug-likeness (QED) is 0.809. The van der Waals surface area contributed by atoms with Gasteiger partial charge in [0.2, 0.25) is 5.95 Å². The highest BCUT2D eigenvalue weighted by Gasteiger charge is 2.14. The van der Waals surface area contributed by atoms with Crippen LogP contribution >= 0.6 is 0 Å². The molecule has 0 bridgehead atoms. The summed E-state index contributed by atoms with van der Waals surface area (Å²) in [4.78, 5) is 8.64. The molecule has 0 radical (unpaired) electrons. The van der Waals surface area contributed by atoms with Crippen molar-refractivity contribution in [2.45, 2.75) is 26.2 Å². The van der Waals surface area contributed by atoms with E-state index in [4.69, 9.17) is 0 Å². The van der Waals surface area contributed by atoms with Crippen LogP contribution in [0.1, 0.15) is 31.7 Å². The van der Waals surface area contributed by atoms with Gasteiger partial charge in [0.1, 0.15) is 0 Å². The molecule has 2 N–H and O–H groups in total. The van der Waals surface area contributed by atoms with Crippen LogP contribution in [0.2, 0.25) is 0 Å². The summed E-state index contributed by atoms with van der Waals surface area (Å²) in [6.07, 6.45) is 5.07. The predicted molar refractivity (Wildman–Crippen MR) is 65.6 cm³/mol. The first-order valence-electron chi connectivity index (χ1n) is 6.02. The zero-order valence-corrected chi connectivity index (χ0v) is 10.0. The van der Waals surface area contributed by atoms with Gasteiger partial charge in [0.15, 0.2) is 0 Å². The van der Waals surface area contributed by atoms with Crippen LogP contribution in [0.25, 0.3) is 0 Å². The second-order valence-corrected chi connectivity index (χ2v) is 4.73. The van der Waals surface area contributed by atoms with E-state index in [1.807, 2.05) is 12.4 Å². The number of anilines is 1. The summed E-state index contributed by atoms with van der Waals surface area (Å²) in [5, 5.41) is 6.64. The molecular formula is C12H20N4. The molecule has 1 aliphatic rings. The van der Waals surface area contributed by atoms with Gasteiger partial charge < -0.3 is 10.6 Å². The van der Waals surface area contributed by atoms with Crippen molar-refractivity contribution in [1.29, 1.82) is 0 Å². The Kier molecular flexibility index (Phi) is 3.72. The van der Waals surface area contributed by atoms with Gasteiger partial charge >= 0.3 is 0 Å². The molecule has 1 aliphatic heterocycles. The van der Waals surface area contributed by atoms with E-state index in [9.17, 15) is 0 Å². The molecule has 88 valence electrons. The molecule has 4 nitrogen and oxygen atoms in total. The molecule has 0 saturated carbocycles. The molecule has 16 heavy (non-hydrogen) atoms. The SMILES string of the molecule is CC(C)c1cnc(NCC2CCNC2)nc1. The van der Waals surface area contributed by atoms with Gasteiger partial charge in [-0.2, -0.15) is 0 Å². The maximum absolute atomic E-state index is 4.32. The average Bonchev–Trinajstić information content (AvgIpc) is 2.80. The second-order valence-electron chi connectivity index (χ2n) is 4.73. The fourth-order valence-electron chi connectivity index (χ4n) is 1.85. The van der Waals surface area contributed by atoms with E-state index in [-0.39, 0.29) is 0 Å². The Labute approximate surface area is 96.9 Å². The smallest absolute Gasteiger partial charge is 0.222 e. The summed E-state index contributed by atoms with van der Waals surface area (Å²) in [5.74, 6) is 1.96. The van der Waals surface area contributed by atoms with Crippen molar-refractivity contribution in [2.75, 3.05) is 25.0 Å². The third-order valence-electron chi connectivity index (χ3n) is 3.05. The molecule has 2 heterocycles. The van der Waals surface area contributed by atoms with E-state index in [0.29, 0.717) is 11.8 Å². The van der Waals surface area contributed by atoms with E-state index >= 15 is 0 Å². The summed E-state index contributed by atoms with van der Waals surface area (Å²) < 4.78 is 0. The number of aromatic nitrogens is 2. The van der Waals surface area contributed by atoms with Crippen molar-refractivity contribution < 1.29 is 0 Å². The van der Waals surface area contributed by atoms with Gasteiger partial charge in [-0.15, -0.1) is 0 Å². The van der Waals surface area contributed by atoms with Gasteiger partial charge in [-0.05, 0) is 36.9 Å². The maximum Gasteiger partial charge on any atom is 0.222 e. The van der Waals surface area contributed by atoms with Crippen molar-refractivity contribution in [3.63, 3.8) is 0 Å². The Morgan fingerprint density at radius 2 is 2.19 bits per heavy atom. The molecule has 0 aromatic carbocycles. The van der Waals surface area contributed by atoms with Crippen molar-refractivity contribution in [2.24, 2.45) is 5.92 Å². The molecule has 0 spiro atoms. The number of nitrogens with zero attached hydrogens (tertiary/aromatic N) is 2. The van der Waals surface area contributed by atoms with Gasteiger partial charge in [0, 0.05) is 18.9 Å². The van der Waals surface area contributed by atoms with E-state index in [1.54, 1.807) is 0 Å². The summed E-state index contributed by atoms with van der Waals surface area (Å²) in [5.41, 5.74) is 1.19. The van der Waals surface area contributed by atoms with Crippen LogP contribution in [0.3, 0.4) is 0 Å². The molecule has 1 atom stereocenters. The van der Waals surface area contributed by atoms with Gasteiger partial charge in [-0.25, -0.2) is 9.97 Å². The highest BCUT2D eigenvalue weighted by atomic mass is 15.1. The van der Waals surface area contributed by atoms with E-state index < -0.39 is 0 Å². The highest BCUT2D eigenvalue weighted by Crippen LogP contribution is 2.13.